The number of ether oxygens (including phenoxy) is 2. The van der Waals surface area contributed by atoms with E-state index in [0.29, 0.717) is 19.0 Å². The zero-order valence-electron chi connectivity index (χ0n) is 15.6. The Hall–Kier alpha value is -1.53. The molecule has 3 fully saturated rings. The zero-order valence-corrected chi connectivity index (χ0v) is 15.6. The van der Waals surface area contributed by atoms with Crippen LogP contribution in [0, 0.1) is 23.5 Å². The lowest BCUT2D eigenvalue weighted by molar-refractivity contribution is -0.0672. The van der Waals surface area contributed by atoms with E-state index in [1.807, 2.05) is 0 Å². The molecule has 2 heterocycles. The fraction of sp³-hybridized carbons (Fsp3) is 0.667. The first kappa shape index (κ1) is 18.8. The van der Waals surface area contributed by atoms with E-state index in [2.05, 4.69) is 0 Å². The molecule has 1 aromatic rings. The Kier molecular flexibility index (Phi) is 5.46. The second kappa shape index (κ2) is 7.84. The molecule has 0 unspecified atom stereocenters. The number of amides is 1. The first-order valence-electron chi connectivity index (χ1n) is 10.0. The van der Waals surface area contributed by atoms with E-state index >= 15 is 0 Å². The van der Waals surface area contributed by atoms with Crippen molar-refractivity contribution in [1.29, 1.82) is 0 Å². The molecule has 27 heavy (non-hydrogen) atoms. The fourth-order valence-electron chi connectivity index (χ4n) is 4.41. The third-order valence-corrected chi connectivity index (χ3v) is 6.32. The van der Waals surface area contributed by atoms with Gasteiger partial charge in [-0.15, -0.1) is 0 Å². The summed E-state index contributed by atoms with van der Waals surface area (Å²) in [5.41, 5.74) is 0.0375. The molecule has 1 atom stereocenters. The van der Waals surface area contributed by atoms with Gasteiger partial charge >= 0.3 is 0 Å². The van der Waals surface area contributed by atoms with Gasteiger partial charge in [0.2, 0.25) is 0 Å². The van der Waals surface area contributed by atoms with Crippen LogP contribution in [-0.4, -0.2) is 49.3 Å². The molecule has 3 aliphatic rings. The molecule has 1 saturated carbocycles. The summed E-state index contributed by atoms with van der Waals surface area (Å²) in [6.07, 6.45) is 6.23. The fourth-order valence-corrected chi connectivity index (χ4v) is 4.41. The van der Waals surface area contributed by atoms with Gasteiger partial charge in [0.15, 0.2) is 11.6 Å². The summed E-state index contributed by atoms with van der Waals surface area (Å²) in [5, 5.41) is 0. The molecule has 2 aliphatic heterocycles. The number of benzene rings is 1. The van der Waals surface area contributed by atoms with Gasteiger partial charge in [-0.3, -0.25) is 4.79 Å². The van der Waals surface area contributed by atoms with Gasteiger partial charge in [0.1, 0.15) is 0 Å². The van der Waals surface area contributed by atoms with Gasteiger partial charge in [0.25, 0.3) is 5.91 Å². The molecular weight excluding hydrogens is 352 g/mol. The number of nitrogens with zero attached hydrogens (tertiary/aromatic N) is 1. The minimum absolute atomic E-state index is 0.159. The van der Waals surface area contributed by atoms with Crippen molar-refractivity contribution >= 4 is 5.91 Å². The van der Waals surface area contributed by atoms with Gasteiger partial charge in [-0.1, -0.05) is 0 Å². The number of hydrogen-bond donors (Lipinski definition) is 0. The van der Waals surface area contributed by atoms with E-state index in [9.17, 15) is 13.6 Å². The number of rotatable bonds is 6. The quantitative estimate of drug-likeness (QED) is 0.706. The van der Waals surface area contributed by atoms with E-state index < -0.39 is 11.6 Å². The molecule has 2 saturated heterocycles. The SMILES string of the molecule is O=C(c1ccc(F)c(F)c1)N1CCC2(CC1)OCC[C@H]2CCOCC1CC1. The summed E-state index contributed by atoms with van der Waals surface area (Å²) in [5.74, 6) is -0.914. The highest BCUT2D eigenvalue weighted by Gasteiger charge is 2.46. The Morgan fingerprint density at radius 3 is 2.67 bits per heavy atom. The smallest absolute Gasteiger partial charge is 0.253 e. The highest BCUT2D eigenvalue weighted by Crippen LogP contribution is 2.42. The molecule has 1 spiro atoms. The van der Waals surface area contributed by atoms with E-state index in [0.717, 1.165) is 63.6 Å². The molecule has 148 valence electrons. The van der Waals surface area contributed by atoms with Gasteiger partial charge in [0.05, 0.1) is 5.60 Å². The van der Waals surface area contributed by atoms with Gasteiger partial charge in [0, 0.05) is 38.5 Å². The Labute approximate surface area is 158 Å². The highest BCUT2D eigenvalue weighted by atomic mass is 19.2. The van der Waals surface area contributed by atoms with Gasteiger partial charge < -0.3 is 14.4 Å². The van der Waals surface area contributed by atoms with Crippen molar-refractivity contribution in [2.45, 2.75) is 44.1 Å². The lowest BCUT2D eigenvalue weighted by atomic mass is 9.78. The van der Waals surface area contributed by atoms with Crippen molar-refractivity contribution < 1.29 is 23.0 Å². The Bertz CT molecular complexity index is 684. The maximum Gasteiger partial charge on any atom is 0.253 e. The maximum atomic E-state index is 13.4. The molecule has 0 aromatic heterocycles. The number of carbonyl (C=O) groups is 1. The van der Waals surface area contributed by atoms with E-state index in [4.69, 9.17) is 9.47 Å². The molecule has 6 heteroatoms. The summed E-state index contributed by atoms with van der Waals surface area (Å²) in [4.78, 5) is 14.3. The first-order chi connectivity index (χ1) is 13.1. The Morgan fingerprint density at radius 1 is 1.19 bits per heavy atom. The van der Waals surface area contributed by atoms with Crippen LogP contribution in [0.25, 0.3) is 0 Å². The van der Waals surface area contributed by atoms with Crippen LogP contribution in [0.2, 0.25) is 0 Å². The minimum Gasteiger partial charge on any atom is -0.381 e. The van der Waals surface area contributed by atoms with Crippen molar-refractivity contribution in [2.75, 3.05) is 32.9 Å². The van der Waals surface area contributed by atoms with Crippen LogP contribution >= 0.6 is 0 Å². The van der Waals surface area contributed by atoms with E-state index in [-0.39, 0.29) is 17.1 Å². The molecule has 4 rings (SSSR count). The monoisotopic (exact) mass is 379 g/mol. The van der Waals surface area contributed by atoms with Gasteiger partial charge in [-0.25, -0.2) is 8.78 Å². The first-order valence-corrected chi connectivity index (χ1v) is 10.0. The normalized spacial score (nSPS) is 24.5. The maximum absolute atomic E-state index is 13.4. The van der Waals surface area contributed by atoms with Crippen molar-refractivity contribution in [3.8, 4) is 0 Å². The number of piperidine rings is 1. The molecule has 0 bridgehead atoms. The number of carbonyl (C=O) groups excluding carboxylic acids is 1. The number of hydrogen-bond acceptors (Lipinski definition) is 3. The summed E-state index contributed by atoms with van der Waals surface area (Å²) in [6, 6.07) is 3.33. The topological polar surface area (TPSA) is 38.8 Å². The van der Waals surface area contributed by atoms with Crippen LogP contribution in [0.1, 0.15) is 48.9 Å². The van der Waals surface area contributed by atoms with Crippen LogP contribution in [0.15, 0.2) is 18.2 Å². The van der Waals surface area contributed by atoms with Gasteiger partial charge in [-0.05, 0) is 68.6 Å². The molecule has 4 nitrogen and oxygen atoms in total. The summed E-state index contributed by atoms with van der Waals surface area (Å²) in [7, 11) is 0. The van der Waals surface area contributed by atoms with Crippen molar-refractivity contribution in [3.63, 3.8) is 0 Å². The van der Waals surface area contributed by atoms with Crippen molar-refractivity contribution in [3.05, 3.63) is 35.4 Å². The lowest BCUT2D eigenvalue weighted by Crippen LogP contribution is -2.49. The Morgan fingerprint density at radius 2 is 1.96 bits per heavy atom. The van der Waals surface area contributed by atoms with Crippen molar-refractivity contribution in [1.82, 2.24) is 4.90 Å². The number of halogens is 2. The van der Waals surface area contributed by atoms with E-state index in [1.54, 1.807) is 4.90 Å². The van der Waals surface area contributed by atoms with Crippen LogP contribution in [0.4, 0.5) is 8.78 Å². The van der Waals surface area contributed by atoms with Crippen molar-refractivity contribution in [2.24, 2.45) is 11.8 Å². The van der Waals surface area contributed by atoms with Gasteiger partial charge in [-0.2, -0.15) is 0 Å². The van der Waals surface area contributed by atoms with Crippen LogP contribution in [0.5, 0.6) is 0 Å². The molecule has 0 radical (unpaired) electrons. The van der Waals surface area contributed by atoms with E-state index in [1.165, 1.54) is 18.9 Å². The van der Waals surface area contributed by atoms with Crippen LogP contribution in [-0.2, 0) is 9.47 Å². The average Bonchev–Trinajstić information content (AvgIpc) is 3.43. The van der Waals surface area contributed by atoms with Crippen LogP contribution < -0.4 is 0 Å². The summed E-state index contributed by atoms with van der Waals surface area (Å²) in [6.45, 7) is 3.60. The minimum atomic E-state index is -0.986. The largest absolute Gasteiger partial charge is 0.381 e. The zero-order chi connectivity index (χ0) is 18.9. The summed E-state index contributed by atoms with van der Waals surface area (Å²) >= 11 is 0. The number of likely N-dealkylation sites (tertiary alicyclic amines) is 1. The molecule has 1 aliphatic carbocycles. The average molecular weight is 379 g/mol. The molecular formula is C21H27F2NO3. The third kappa shape index (κ3) is 4.16. The molecule has 1 aromatic carbocycles. The predicted octanol–water partition coefficient (Wildman–Crippen LogP) is 3.79. The second-order valence-corrected chi connectivity index (χ2v) is 8.13. The third-order valence-electron chi connectivity index (χ3n) is 6.32. The van der Waals surface area contributed by atoms with Crippen LogP contribution in [0.3, 0.4) is 0 Å². The highest BCUT2D eigenvalue weighted by molar-refractivity contribution is 5.94. The molecule has 1 amide bonds. The standard InChI is InChI=1S/C21H27F2NO3/c22-18-4-3-16(13-19(18)23)20(25)24-9-7-21(8-10-24)17(6-12-27-21)5-11-26-14-15-1-2-15/h3-4,13,15,17H,1-2,5-12,14H2/t17-/m1/s1. The lowest BCUT2D eigenvalue weighted by Gasteiger charge is -2.42. The Balaban J connectivity index is 1.31. The molecule has 0 N–H and O–H groups in total. The summed E-state index contributed by atoms with van der Waals surface area (Å²) < 4.78 is 38.5. The predicted molar refractivity (Wildman–Crippen MR) is 96.4 cm³/mol. The second-order valence-electron chi connectivity index (χ2n) is 8.13.